The number of hydrogen-bond acceptors (Lipinski definition) is 4. The number of aryl methyl sites for hydroxylation is 1. The monoisotopic (exact) mass is 688 g/mol. The Labute approximate surface area is 307 Å². The van der Waals surface area contributed by atoms with E-state index in [0.717, 1.165) is 99.9 Å². The van der Waals surface area contributed by atoms with Crippen molar-refractivity contribution in [1.29, 1.82) is 0 Å². The van der Waals surface area contributed by atoms with E-state index in [1.54, 1.807) is 0 Å². The van der Waals surface area contributed by atoms with Gasteiger partial charge in [-0.15, -0.1) is 0 Å². The van der Waals surface area contributed by atoms with Crippen LogP contribution in [0.4, 0.5) is 0 Å². The summed E-state index contributed by atoms with van der Waals surface area (Å²) in [6, 6.07) is 53.8. The highest BCUT2D eigenvalue weighted by atomic mass is 16.3. The number of hydrogen-bond donors (Lipinski definition) is 2. The van der Waals surface area contributed by atoms with E-state index in [2.05, 4.69) is 104 Å². The summed E-state index contributed by atoms with van der Waals surface area (Å²) in [7, 11) is 0. The summed E-state index contributed by atoms with van der Waals surface area (Å²) in [4.78, 5) is 0. The molecule has 0 aliphatic heterocycles. The standard InChI is InChI=1S/C49H36O4/c1-29-16-8-9-21-32(29)45-44-37(28-38(50)47(45)51)43(48-41(30-17-4-2-5-18-30)35-24-12-14-26-39(35)52-48)33-22-10-11-23-34(33)46(44)49-42(31-19-6-3-7-20-31)36-25-13-15-27-40(36)53-49/h2-27,38,45,47,50-51H,28H2,1H3. The lowest BCUT2D eigenvalue weighted by molar-refractivity contribution is 0.00348. The fourth-order valence-electron chi connectivity index (χ4n) is 8.80. The van der Waals surface area contributed by atoms with Crippen LogP contribution in [0, 0.1) is 6.92 Å². The van der Waals surface area contributed by atoms with Crippen molar-refractivity contribution in [3.8, 4) is 44.9 Å². The van der Waals surface area contributed by atoms with Crippen LogP contribution in [0.15, 0.2) is 167 Å². The molecule has 256 valence electrons. The molecule has 4 heteroatoms. The molecule has 2 aromatic heterocycles. The summed E-state index contributed by atoms with van der Waals surface area (Å²) in [6.07, 6.45) is -1.85. The van der Waals surface area contributed by atoms with E-state index < -0.39 is 18.1 Å². The van der Waals surface area contributed by atoms with E-state index in [1.165, 1.54) is 0 Å². The lowest BCUT2D eigenvalue weighted by Gasteiger charge is -2.38. The van der Waals surface area contributed by atoms with Gasteiger partial charge in [0.15, 0.2) is 0 Å². The minimum atomic E-state index is -1.06. The van der Waals surface area contributed by atoms with E-state index in [4.69, 9.17) is 8.83 Å². The van der Waals surface area contributed by atoms with Gasteiger partial charge >= 0.3 is 0 Å². The van der Waals surface area contributed by atoms with Gasteiger partial charge in [-0.1, -0.05) is 146 Å². The molecule has 4 nitrogen and oxygen atoms in total. The number of aliphatic hydroxyl groups excluding tert-OH is 2. The molecule has 0 radical (unpaired) electrons. The average molecular weight is 689 g/mol. The van der Waals surface area contributed by atoms with Crippen LogP contribution in [0.3, 0.4) is 0 Å². The lowest BCUT2D eigenvalue weighted by atomic mass is 9.69. The molecule has 3 unspecified atom stereocenters. The van der Waals surface area contributed by atoms with E-state index >= 15 is 0 Å². The highest BCUT2D eigenvalue weighted by Crippen LogP contribution is 2.55. The van der Waals surface area contributed by atoms with Crippen molar-refractivity contribution >= 4 is 32.7 Å². The highest BCUT2D eigenvalue weighted by molar-refractivity contribution is 6.14. The molecule has 2 heterocycles. The largest absolute Gasteiger partial charge is 0.455 e. The van der Waals surface area contributed by atoms with E-state index in [0.29, 0.717) is 0 Å². The SMILES string of the molecule is Cc1ccccc1C1c2c(c(-c3oc4ccccc4c3-c3ccccc3)c3ccccc3c2-c2oc3ccccc3c2-c2ccccc2)CC(O)C1O. The van der Waals surface area contributed by atoms with Gasteiger partial charge in [0.25, 0.3) is 0 Å². The summed E-state index contributed by atoms with van der Waals surface area (Å²) in [5.74, 6) is 0.928. The first-order chi connectivity index (χ1) is 26.1. The fraction of sp³-hybridized carbons (Fsp3) is 0.102. The van der Waals surface area contributed by atoms with E-state index in [1.807, 2.05) is 60.7 Å². The van der Waals surface area contributed by atoms with Crippen molar-refractivity contribution in [3.05, 3.63) is 180 Å². The summed E-state index contributed by atoms with van der Waals surface area (Å²) in [6.45, 7) is 2.08. The number of furan rings is 2. The molecule has 10 rings (SSSR count). The number of para-hydroxylation sites is 2. The van der Waals surface area contributed by atoms with Crippen LogP contribution >= 0.6 is 0 Å². The van der Waals surface area contributed by atoms with Gasteiger partial charge in [-0.3, -0.25) is 0 Å². The van der Waals surface area contributed by atoms with Gasteiger partial charge in [0.05, 0.1) is 12.2 Å². The van der Waals surface area contributed by atoms with Gasteiger partial charge in [-0.2, -0.15) is 0 Å². The number of benzene rings is 7. The zero-order valence-corrected chi connectivity index (χ0v) is 29.2. The second-order valence-corrected chi connectivity index (χ2v) is 14.1. The quantitative estimate of drug-likeness (QED) is 0.189. The van der Waals surface area contributed by atoms with Crippen LogP contribution in [0.2, 0.25) is 0 Å². The summed E-state index contributed by atoms with van der Waals surface area (Å²) >= 11 is 0. The Morgan fingerprint density at radius 3 is 1.49 bits per heavy atom. The van der Waals surface area contributed by atoms with E-state index in [9.17, 15) is 10.2 Å². The van der Waals surface area contributed by atoms with Crippen LogP contribution < -0.4 is 0 Å². The predicted molar refractivity (Wildman–Crippen MR) is 214 cm³/mol. The molecule has 3 atom stereocenters. The van der Waals surface area contributed by atoms with Gasteiger partial charge in [0, 0.05) is 45.4 Å². The maximum atomic E-state index is 12.2. The normalized spacial score (nSPS) is 17.1. The fourth-order valence-corrected chi connectivity index (χ4v) is 8.80. The van der Waals surface area contributed by atoms with Gasteiger partial charge in [0.1, 0.15) is 22.7 Å². The maximum absolute atomic E-state index is 12.2. The minimum Gasteiger partial charge on any atom is -0.455 e. The molecular formula is C49H36O4. The van der Waals surface area contributed by atoms with Crippen molar-refractivity contribution in [2.24, 2.45) is 0 Å². The molecule has 7 aromatic carbocycles. The van der Waals surface area contributed by atoms with Crippen LogP contribution in [-0.4, -0.2) is 22.4 Å². The van der Waals surface area contributed by atoms with Crippen molar-refractivity contribution in [2.45, 2.75) is 31.5 Å². The third-order valence-electron chi connectivity index (χ3n) is 11.1. The highest BCUT2D eigenvalue weighted by Gasteiger charge is 2.42. The molecule has 2 N–H and O–H groups in total. The van der Waals surface area contributed by atoms with Gasteiger partial charge < -0.3 is 19.0 Å². The molecule has 0 saturated carbocycles. The van der Waals surface area contributed by atoms with Crippen molar-refractivity contribution in [3.63, 3.8) is 0 Å². The second kappa shape index (κ2) is 12.5. The number of fused-ring (bicyclic) bond motifs is 4. The Morgan fingerprint density at radius 2 is 0.925 bits per heavy atom. The third-order valence-corrected chi connectivity index (χ3v) is 11.1. The molecule has 0 fully saturated rings. The molecule has 0 saturated heterocycles. The van der Waals surface area contributed by atoms with Gasteiger partial charge in [-0.25, -0.2) is 0 Å². The first kappa shape index (κ1) is 31.5. The summed E-state index contributed by atoms with van der Waals surface area (Å²) < 4.78 is 14.0. The zero-order valence-electron chi connectivity index (χ0n) is 29.2. The Hall–Kier alpha value is -6.20. The smallest absolute Gasteiger partial charge is 0.144 e. The number of rotatable bonds is 5. The third kappa shape index (κ3) is 4.91. The van der Waals surface area contributed by atoms with Crippen LogP contribution in [0.25, 0.3) is 77.6 Å². The first-order valence-corrected chi connectivity index (χ1v) is 18.2. The molecule has 53 heavy (non-hydrogen) atoms. The molecular weight excluding hydrogens is 653 g/mol. The van der Waals surface area contributed by atoms with E-state index in [-0.39, 0.29) is 6.42 Å². The first-order valence-electron chi connectivity index (χ1n) is 18.2. The Kier molecular flexibility index (Phi) is 7.43. The van der Waals surface area contributed by atoms with Crippen LogP contribution in [0.5, 0.6) is 0 Å². The van der Waals surface area contributed by atoms with Crippen molar-refractivity contribution < 1.29 is 19.0 Å². The zero-order chi connectivity index (χ0) is 35.6. The topological polar surface area (TPSA) is 66.7 Å². The number of aliphatic hydroxyl groups is 2. The van der Waals surface area contributed by atoms with Crippen molar-refractivity contribution in [2.75, 3.05) is 0 Å². The second-order valence-electron chi connectivity index (χ2n) is 14.1. The molecule has 0 bridgehead atoms. The van der Waals surface area contributed by atoms with Gasteiger partial charge in [0.2, 0.25) is 0 Å². The predicted octanol–water partition coefficient (Wildman–Crippen LogP) is 11.7. The Balaban J connectivity index is 1.42. The Morgan fingerprint density at radius 1 is 0.472 bits per heavy atom. The maximum Gasteiger partial charge on any atom is 0.144 e. The molecule has 1 aliphatic carbocycles. The average Bonchev–Trinajstić information content (AvgIpc) is 3.78. The summed E-state index contributed by atoms with van der Waals surface area (Å²) in [5.41, 5.74) is 11.4. The molecule has 1 aliphatic rings. The molecule has 0 spiro atoms. The van der Waals surface area contributed by atoms with Gasteiger partial charge in [-0.05, 0) is 63.2 Å². The minimum absolute atomic E-state index is 0.234. The molecule has 9 aromatic rings. The van der Waals surface area contributed by atoms with Crippen LogP contribution in [0.1, 0.15) is 28.2 Å². The Bertz CT molecular complexity index is 2810. The summed E-state index contributed by atoms with van der Waals surface area (Å²) in [5, 5.41) is 28.2. The lowest BCUT2D eigenvalue weighted by Crippen LogP contribution is -2.40. The molecule has 0 amide bonds. The van der Waals surface area contributed by atoms with Crippen molar-refractivity contribution in [1.82, 2.24) is 0 Å². The van der Waals surface area contributed by atoms with Crippen LogP contribution in [-0.2, 0) is 6.42 Å².